The summed E-state index contributed by atoms with van der Waals surface area (Å²) < 4.78 is 11.2. The number of carbonyl (C=O) groups is 1. The van der Waals surface area contributed by atoms with Crippen molar-refractivity contribution in [2.45, 2.75) is 25.8 Å². The maximum absolute atomic E-state index is 12.5. The van der Waals surface area contributed by atoms with E-state index in [9.17, 15) is 4.79 Å². The average molecular weight is 405 g/mol. The maximum Gasteiger partial charge on any atom is 0.262 e. The molecule has 0 spiro atoms. The fraction of sp³-hybridized carbons (Fsp3) is 0.240. The van der Waals surface area contributed by atoms with Gasteiger partial charge in [-0.25, -0.2) is 0 Å². The quantitative estimate of drug-likeness (QED) is 0.544. The van der Waals surface area contributed by atoms with Crippen LogP contribution in [0.15, 0.2) is 72.8 Å². The Morgan fingerprint density at radius 1 is 1.00 bits per heavy atom. The summed E-state index contributed by atoms with van der Waals surface area (Å²) >= 11 is 0. The van der Waals surface area contributed by atoms with E-state index in [-0.39, 0.29) is 18.6 Å². The molecular formula is C25H28N2O3. The molecule has 0 aromatic heterocycles. The van der Waals surface area contributed by atoms with Crippen molar-refractivity contribution in [1.82, 2.24) is 0 Å². The zero-order chi connectivity index (χ0) is 21.3. The molecular weight excluding hydrogens is 376 g/mol. The molecule has 3 aromatic rings. The zero-order valence-corrected chi connectivity index (χ0v) is 17.4. The Hall–Kier alpha value is -3.31. The zero-order valence-electron chi connectivity index (χ0n) is 17.4. The molecule has 0 aliphatic carbocycles. The van der Waals surface area contributed by atoms with Crippen LogP contribution in [0.25, 0.3) is 11.1 Å². The molecule has 0 radical (unpaired) electrons. The second kappa shape index (κ2) is 10.5. The molecule has 1 unspecified atom stereocenters. The lowest BCUT2D eigenvalue weighted by atomic mass is 10.0. The lowest BCUT2D eigenvalue weighted by Gasteiger charge is -2.15. The molecule has 0 aliphatic rings. The van der Waals surface area contributed by atoms with E-state index in [0.29, 0.717) is 11.5 Å². The van der Waals surface area contributed by atoms with Crippen LogP contribution >= 0.6 is 0 Å². The van der Waals surface area contributed by atoms with Crippen LogP contribution in [0.4, 0.5) is 5.69 Å². The second-order valence-corrected chi connectivity index (χ2v) is 7.11. The first-order valence-electron chi connectivity index (χ1n) is 10.1. The molecule has 3 rings (SSSR count). The van der Waals surface area contributed by atoms with E-state index in [1.54, 1.807) is 7.11 Å². The van der Waals surface area contributed by atoms with Gasteiger partial charge in [0.2, 0.25) is 0 Å². The van der Waals surface area contributed by atoms with Crippen LogP contribution in [-0.4, -0.2) is 25.7 Å². The molecule has 0 heterocycles. The Kier molecular flexibility index (Phi) is 7.46. The van der Waals surface area contributed by atoms with E-state index in [2.05, 4.69) is 12.2 Å². The molecule has 3 N–H and O–H groups in total. The van der Waals surface area contributed by atoms with Gasteiger partial charge >= 0.3 is 0 Å². The summed E-state index contributed by atoms with van der Waals surface area (Å²) in [6, 6.07) is 23.4. The average Bonchev–Trinajstić information content (AvgIpc) is 2.79. The number of carbonyl (C=O) groups excluding carboxylic acids is 1. The summed E-state index contributed by atoms with van der Waals surface area (Å²) in [6.45, 7) is 1.95. The maximum atomic E-state index is 12.5. The van der Waals surface area contributed by atoms with E-state index in [1.807, 2.05) is 72.8 Å². The van der Waals surface area contributed by atoms with Gasteiger partial charge in [0, 0.05) is 17.3 Å². The smallest absolute Gasteiger partial charge is 0.262 e. The largest absolute Gasteiger partial charge is 0.493 e. The first-order valence-corrected chi connectivity index (χ1v) is 10.1. The monoisotopic (exact) mass is 404 g/mol. The van der Waals surface area contributed by atoms with Crippen LogP contribution in [0, 0.1) is 0 Å². The minimum absolute atomic E-state index is 0.108. The minimum Gasteiger partial charge on any atom is -0.493 e. The third-order valence-corrected chi connectivity index (χ3v) is 4.90. The van der Waals surface area contributed by atoms with Crippen molar-refractivity contribution in [3.63, 3.8) is 0 Å². The summed E-state index contributed by atoms with van der Waals surface area (Å²) in [7, 11) is 1.59. The summed E-state index contributed by atoms with van der Waals surface area (Å²) in [5, 5.41) is 2.94. The highest BCUT2D eigenvalue weighted by molar-refractivity contribution is 5.96. The highest BCUT2D eigenvalue weighted by atomic mass is 16.5. The predicted molar refractivity (Wildman–Crippen MR) is 121 cm³/mol. The van der Waals surface area contributed by atoms with Gasteiger partial charge in [0.05, 0.1) is 7.11 Å². The number of hydrogen-bond donors (Lipinski definition) is 2. The fourth-order valence-corrected chi connectivity index (χ4v) is 3.20. The van der Waals surface area contributed by atoms with Crippen LogP contribution in [0.2, 0.25) is 0 Å². The number of ether oxygens (including phenoxy) is 2. The van der Waals surface area contributed by atoms with Gasteiger partial charge in [-0.15, -0.1) is 0 Å². The van der Waals surface area contributed by atoms with E-state index < -0.39 is 0 Å². The highest BCUT2D eigenvalue weighted by Gasteiger charge is 2.12. The van der Waals surface area contributed by atoms with Crippen molar-refractivity contribution < 1.29 is 14.3 Å². The molecule has 30 heavy (non-hydrogen) atoms. The molecule has 156 valence electrons. The molecule has 5 nitrogen and oxygen atoms in total. The van der Waals surface area contributed by atoms with Gasteiger partial charge in [-0.3, -0.25) is 4.79 Å². The van der Waals surface area contributed by atoms with Crippen molar-refractivity contribution in [1.29, 1.82) is 0 Å². The van der Waals surface area contributed by atoms with Crippen LogP contribution in [0.5, 0.6) is 11.5 Å². The summed E-state index contributed by atoms with van der Waals surface area (Å²) in [5.74, 6) is 0.878. The van der Waals surface area contributed by atoms with E-state index in [0.717, 1.165) is 35.2 Å². The molecule has 3 aromatic carbocycles. The summed E-state index contributed by atoms with van der Waals surface area (Å²) in [6.07, 6.45) is 1.68. The molecule has 0 saturated heterocycles. The second-order valence-electron chi connectivity index (χ2n) is 7.11. The molecule has 0 bridgehead atoms. The lowest BCUT2D eigenvalue weighted by Crippen LogP contribution is -2.21. The van der Waals surface area contributed by atoms with Crippen molar-refractivity contribution in [3.05, 3.63) is 78.4 Å². The Bertz CT molecular complexity index is 973. The number of benzene rings is 3. The lowest BCUT2D eigenvalue weighted by molar-refractivity contribution is -0.118. The number of rotatable bonds is 9. The molecule has 0 fully saturated rings. The van der Waals surface area contributed by atoms with Gasteiger partial charge in [0.25, 0.3) is 5.91 Å². The van der Waals surface area contributed by atoms with Crippen LogP contribution in [0.3, 0.4) is 0 Å². The Balaban J connectivity index is 1.66. The third-order valence-electron chi connectivity index (χ3n) is 4.90. The van der Waals surface area contributed by atoms with Crippen LogP contribution in [-0.2, 0) is 11.2 Å². The van der Waals surface area contributed by atoms with Crippen LogP contribution in [0.1, 0.15) is 18.9 Å². The normalized spacial score (nSPS) is 11.6. The Morgan fingerprint density at radius 3 is 2.47 bits per heavy atom. The van der Waals surface area contributed by atoms with Gasteiger partial charge in [-0.05, 0) is 42.2 Å². The van der Waals surface area contributed by atoms with E-state index in [1.165, 1.54) is 0 Å². The Labute approximate surface area is 177 Å². The number of nitrogens with two attached hydrogens (primary N) is 1. The number of amides is 1. The third kappa shape index (κ3) is 5.61. The number of anilines is 1. The van der Waals surface area contributed by atoms with Gasteiger partial charge < -0.3 is 20.5 Å². The number of hydrogen-bond acceptors (Lipinski definition) is 4. The first-order chi connectivity index (χ1) is 14.6. The van der Waals surface area contributed by atoms with Crippen molar-refractivity contribution in [3.8, 4) is 22.6 Å². The SMILES string of the molecule is CCC(N)Cc1ccc(OCC(=O)Nc2ccccc2-c2ccccc2)c(OC)c1. The summed E-state index contributed by atoms with van der Waals surface area (Å²) in [4.78, 5) is 12.5. The first kappa shape index (κ1) is 21.4. The topological polar surface area (TPSA) is 73.6 Å². The standard InChI is InChI=1S/C25H28N2O3/c1-3-20(26)15-18-13-14-23(24(16-18)29-2)30-17-25(28)27-22-12-8-7-11-21(22)19-9-5-4-6-10-19/h4-14,16,20H,3,15,17,26H2,1-2H3,(H,27,28). The van der Waals surface area contributed by atoms with E-state index >= 15 is 0 Å². The predicted octanol–water partition coefficient (Wildman–Crippen LogP) is 4.66. The van der Waals surface area contributed by atoms with Gasteiger partial charge in [0.1, 0.15) is 0 Å². The molecule has 1 atom stereocenters. The molecule has 5 heteroatoms. The minimum atomic E-state index is -0.238. The number of para-hydroxylation sites is 1. The van der Waals surface area contributed by atoms with Gasteiger partial charge in [-0.1, -0.05) is 61.5 Å². The molecule has 0 saturated carbocycles. The Morgan fingerprint density at radius 2 is 1.73 bits per heavy atom. The number of nitrogens with one attached hydrogen (secondary N) is 1. The molecule has 0 aliphatic heterocycles. The van der Waals surface area contributed by atoms with Crippen molar-refractivity contribution >= 4 is 11.6 Å². The van der Waals surface area contributed by atoms with Crippen molar-refractivity contribution in [2.75, 3.05) is 19.0 Å². The van der Waals surface area contributed by atoms with Crippen LogP contribution < -0.4 is 20.5 Å². The van der Waals surface area contributed by atoms with E-state index in [4.69, 9.17) is 15.2 Å². The van der Waals surface area contributed by atoms with Gasteiger partial charge in [0.15, 0.2) is 18.1 Å². The summed E-state index contributed by atoms with van der Waals surface area (Å²) in [5.41, 5.74) is 9.86. The fourth-order valence-electron chi connectivity index (χ4n) is 3.20. The number of methoxy groups -OCH3 is 1. The molecule has 1 amide bonds. The van der Waals surface area contributed by atoms with Gasteiger partial charge in [-0.2, -0.15) is 0 Å². The van der Waals surface area contributed by atoms with Crippen molar-refractivity contribution in [2.24, 2.45) is 5.73 Å². The highest BCUT2D eigenvalue weighted by Crippen LogP contribution is 2.29.